The maximum Gasteiger partial charge on any atom is 0.234 e. The van der Waals surface area contributed by atoms with Gasteiger partial charge in [-0.25, -0.2) is 4.99 Å². The molecule has 0 radical (unpaired) electrons. The van der Waals surface area contributed by atoms with Crippen LogP contribution in [0, 0.1) is 0 Å². The second-order valence-corrected chi connectivity index (χ2v) is 6.27. The average Bonchev–Trinajstić information content (AvgIpc) is 3.23. The molecule has 2 fully saturated rings. The molecule has 0 atom stereocenters. The minimum Gasteiger partial charge on any atom is -0.364 e. The monoisotopic (exact) mass is 462 g/mol. The van der Waals surface area contributed by atoms with E-state index in [4.69, 9.17) is 4.52 Å². The average molecular weight is 462 g/mol. The summed E-state index contributed by atoms with van der Waals surface area (Å²) in [7, 11) is 0. The zero-order chi connectivity index (χ0) is 16.8. The summed E-state index contributed by atoms with van der Waals surface area (Å²) in [5.41, 5.74) is 0.820. The van der Waals surface area contributed by atoms with Crippen molar-refractivity contribution in [1.29, 1.82) is 0 Å². The van der Waals surface area contributed by atoms with E-state index in [1.165, 1.54) is 0 Å². The highest BCUT2D eigenvalue weighted by Gasteiger charge is 2.25. The van der Waals surface area contributed by atoms with Gasteiger partial charge >= 0.3 is 0 Å². The molecule has 1 aliphatic heterocycles. The lowest BCUT2D eigenvalue weighted by molar-refractivity contribution is -0.122. The molecule has 140 valence electrons. The summed E-state index contributed by atoms with van der Waals surface area (Å²) < 4.78 is 4.84. The molecule has 0 bridgehead atoms. The van der Waals surface area contributed by atoms with Crippen molar-refractivity contribution in [3.05, 3.63) is 18.0 Å². The predicted molar refractivity (Wildman–Crippen MR) is 106 cm³/mol. The van der Waals surface area contributed by atoms with Crippen LogP contribution < -0.4 is 10.6 Å². The lowest BCUT2D eigenvalue weighted by Crippen LogP contribution is -2.54. The fourth-order valence-corrected chi connectivity index (χ4v) is 2.72. The molecule has 1 aliphatic carbocycles. The van der Waals surface area contributed by atoms with E-state index in [9.17, 15) is 4.79 Å². The Kier molecular flexibility index (Phi) is 7.94. The van der Waals surface area contributed by atoms with E-state index in [1.807, 2.05) is 6.07 Å². The Morgan fingerprint density at radius 3 is 2.72 bits per heavy atom. The van der Waals surface area contributed by atoms with Crippen molar-refractivity contribution in [2.75, 3.05) is 39.3 Å². The molecule has 0 spiro atoms. The molecule has 2 heterocycles. The fraction of sp³-hybridized carbons (Fsp3) is 0.688. The van der Waals surface area contributed by atoms with Crippen molar-refractivity contribution in [3.8, 4) is 0 Å². The van der Waals surface area contributed by atoms with Crippen LogP contribution in [0.5, 0.6) is 0 Å². The highest BCUT2D eigenvalue weighted by Crippen LogP contribution is 2.18. The van der Waals surface area contributed by atoms with Crippen LogP contribution in [-0.4, -0.2) is 72.1 Å². The van der Waals surface area contributed by atoms with E-state index in [1.54, 1.807) is 6.26 Å². The highest BCUT2D eigenvalue weighted by atomic mass is 127. The van der Waals surface area contributed by atoms with Crippen LogP contribution in [0.15, 0.2) is 21.8 Å². The minimum absolute atomic E-state index is 0. The van der Waals surface area contributed by atoms with Crippen molar-refractivity contribution in [1.82, 2.24) is 25.6 Å². The molecule has 1 saturated carbocycles. The lowest BCUT2D eigenvalue weighted by atomic mass is 10.3. The van der Waals surface area contributed by atoms with Crippen LogP contribution in [0.1, 0.15) is 25.5 Å². The van der Waals surface area contributed by atoms with E-state index in [0.717, 1.165) is 57.2 Å². The summed E-state index contributed by atoms with van der Waals surface area (Å²) >= 11 is 0. The van der Waals surface area contributed by atoms with Crippen molar-refractivity contribution in [3.63, 3.8) is 0 Å². The molecule has 3 rings (SSSR count). The second kappa shape index (κ2) is 9.95. The van der Waals surface area contributed by atoms with Gasteiger partial charge in [-0.15, -0.1) is 24.0 Å². The van der Waals surface area contributed by atoms with E-state index in [2.05, 4.69) is 37.5 Å². The quantitative estimate of drug-likeness (QED) is 0.367. The van der Waals surface area contributed by atoms with Crippen molar-refractivity contribution in [2.45, 2.75) is 32.4 Å². The Morgan fingerprint density at radius 1 is 1.36 bits per heavy atom. The van der Waals surface area contributed by atoms with E-state index in [-0.39, 0.29) is 29.9 Å². The normalized spacial score (nSPS) is 18.6. The number of rotatable bonds is 6. The lowest BCUT2D eigenvalue weighted by Gasteiger charge is -2.36. The van der Waals surface area contributed by atoms with Gasteiger partial charge in [-0.2, -0.15) is 0 Å². The van der Waals surface area contributed by atoms with E-state index in [0.29, 0.717) is 19.1 Å². The first kappa shape index (κ1) is 20.0. The SMILES string of the molecule is CCNC(=NCc1ccon1)N1CCN(CC(=O)NC2CC2)CC1.I. The van der Waals surface area contributed by atoms with Gasteiger partial charge in [0.1, 0.15) is 12.0 Å². The smallest absolute Gasteiger partial charge is 0.234 e. The highest BCUT2D eigenvalue weighted by molar-refractivity contribution is 14.0. The number of amides is 1. The number of hydrogen-bond acceptors (Lipinski definition) is 5. The van der Waals surface area contributed by atoms with Crippen LogP contribution >= 0.6 is 24.0 Å². The van der Waals surface area contributed by atoms with Crippen LogP contribution in [0.25, 0.3) is 0 Å². The second-order valence-electron chi connectivity index (χ2n) is 6.27. The number of nitrogens with one attached hydrogen (secondary N) is 2. The molecule has 0 aromatic carbocycles. The van der Waals surface area contributed by atoms with Gasteiger partial charge in [0.05, 0.1) is 13.1 Å². The summed E-state index contributed by atoms with van der Waals surface area (Å²) in [6.07, 6.45) is 3.82. The first-order valence-corrected chi connectivity index (χ1v) is 8.69. The number of piperazine rings is 1. The van der Waals surface area contributed by atoms with Crippen molar-refractivity contribution in [2.24, 2.45) is 4.99 Å². The number of hydrogen-bond donors (Lipinski definition) is 2. The summed E-state index contributed by atoms with van der Waals surface area (Å²) in [6.45, 7) is 7.34. The maximum atomic E-state index is 11.9. The molecule has 0 unspecified atom stereocenters. The third-order valence-corrected chi connectivity index (χ3v) is 4.20. The van der Waals surface area contributed by atoms with Gasteiger partial charge in [0.15, 0.2) is 5.96 Å². The molecule has 1 amide bonds. The molecule has 2 aliphatic rings. The van der Waals surface area contributed by atoms with Gasteiger partial charge in [-0.1, -0.05) is 5.16 Å². The Bertz CT molecular complexity index is 553. The van der Waals surface area contributed by atoms with Gasteiger partial charge in [-0.3, -0.25) is 9.69 Å². The summed E-state index contributed by atoms with van der Waals surface area (Å²) in [5.74, 6) is 1.04. The first-order chi connectivity index (χ1) is 11.7. The standard InChI is InChI=1S/C16H26N6O2.HI/c1-2-17-16(18-11-14-5-10-24-20-14)22-8-6-21(7-9-22)12-15(23)19-13-3-4-13;/h5,10,13H,2-4,6-9,11-12H2,1H3,(H,17,18)(H,19,23);1H. The summed E-state index contributed by atoms with van der Waals surface area (Å²) in [4.78, 5) is 21.0. The van der Waals surface area contributed by atoms with Crippen LogP contribution in [0.4, 0.5) is 0 Å². The molecule has 1 aromatic rings. The first-order valence-electron chi connectivity index (χ1n) is 8.69. The molecule has 8 nitrogen and oxygen atoms in total. The number of carbonyl (C=O) groups is 1. The number of nitrogens with zero attached hydrogens (tertiary/aromatic N) is 4. The third-order valence-electron chi connectivity index (χ3n) is 4.20. The molecule has 2 N–H and O–H groups in total. The Morgan fingerprint density at radius 2 is 2.12 bits per heavy atom. The number of guanidine groups is 1. The Hall–Kier alpha value is -1.36. The summed E-state index contributed by atoms with van der Waals surface area (Å²) in [5, 5.41) is 10.3. The minimum atomic E-state index is 0. The number of halogens is 1. The molecule has 1 aromatic heterocycles. The van der Waals surface area contributed by atoms with E-state index >= 15 is 0 Å². The number of carbonyl (C=O) groups excluding carboxylic acids is 1. The largest absolute Gasteiger partial charge is 0.364 e. The summed E-state index contributed by atoms with van der Waals surface area (Å²) in [6, 6.07) is 2.26. The van der Waals surface area contributed by atoms with Crippen molar-refractivity contribution >= 4 is 35.8 Å². The van der Waals surface area contributed by atoms with Crippen LogP contribution in [0.3, 0.4) is 0 Å². The molecule has 9 heteroatoms. The molecular weight excluding hydrogens is 435 g/mol. The predicted octanol–water partition coefficient (Wildman–Crippen LogP) is 0.654. The van der Waals surface area contributed by atoms with E-state index < -0.39 is 0 Å². The van der Waals surface area contributed by atoms with Crippen LogP contribution in [0.2, 0.25) is 0 Å². The van der Waals surface area contributed by atoms with Gasteiger partial charge in [0.2, 0.25) is 5.91 Å². The molecule has 25 heavy (non-hydrogen) atoms. The van der Waals surface area contributed by atoms with Gasteiger partial charge < -0.3 is 20.1 Å². The van der Waals surface area contributed by atoms with Gasteiger partial charge in [0, 0.05) is 44.8 Å². The van der Waals surface area contributed by atoms with Crippen LogP contribution in [-0.2, 0) is 11.3 Å². The zero-order valence-electron chi connectivity index (χ0n) is 14.6. The zero-order valence-corrected chi connectivity index (χ0v) is 16.9. The Balaban J connectivity index is 0.00000225. The van der Waals surface area contributed by atoms with Gasteiger partial charge in [-0.05, 0) is 19.8 Å². The number of aliphatic imine (C=N–C) groups is 1. The molecular formula is C16H27IN6O2. The Labute approximate surface area is 165 Å². The maximum absolute atomic E-state index is 11.9. The molecule has 1 saturated heterocycles. The van der Waals surface area contributed by atoms with Gasteiger partial charge in [0.25, 0.3) is 0 Å². The fourth-order valence-electron chi connectivity index (χ4n) is 2.72. The van der Waals surface area contributed by atoms with Crippen molar-refractivity contribution < 1.29 is 9.32 Å². The topological polar surface area (TPSA) is 86.0 Å². The third kappa shape index (κ3) is 6.46. The number of aromatic nitrogens is 1.